The van der Waals surface area contributed by atoms with Gasteiger partial charge < -0.3 is 15.2 Å². The zero-order chi connectivity index (χ0) is 15.9. The fourth-order valence-corrected chi connectivity index (χ4v) is 3.36. The van der Waals surface area contributed by atoms with E-state index in [1.807, 2.05) is 17.5 Å². The Labute approximate surface area is 151 Å². The van der Waals surface area contributed by atoms with Gasteiger partial charge in [-0.05, 0) is 49.7 Å². The molecule has 1 amide bonds. The number of hydrogen-bond donors (Lipinski definition) is 2. The molecule has 1 aliphatic heterocycles. The van der Waals surface area contributed by atoms with Gasteiger partial charge in [0.25, 0.3) is 0 Å². The third kappa shape index (κ3) is 5.58. The van der Waals surface area contributed by atoms with Crippen LogP contribution in [-0.2, 0) is 11.2 Å². The summed E-state index contributed by atoms with van der Waals surface area (Å²) in [6, 6.07) is 3.93. The summed E-state index contributed by atoms with van der Waals surface area (Å²) in [4.78, 5) is 17.2. The maximum absolute atomic E-state index is 11.9. The van der Waals surface area contributed by atoms with Gasteiger partial charge in [0.05, 0.1) is 4.88 Å². The minimum atomic E-state index is 0. The molecule has 3 heterocycles. The SMILES string of the molecule is Cl.O=C(CCCc1nc(-c2cccs2)no1)NCC1CCCNC1. The first-order valence-electron chi connectivity index (χ1n) is 8.15. The number of aromatic nitrogens is 2. The van der Waals surface area contributed by atoms with E-state index in [1.165, 1.54) is 12.8 Å². The molecule has 24 heavy (non-hydrogen) atoms. The number of aryl methyl sites for hydroxylation is 1. The van der Waals surface area contributed by atoms with Gasteiger partial charge in [0, 0.05) is 19.4 Å². The summed E-state index contributed by atoms with van der Waals surface area (Å²) in [5.74, 6) is 1.90. The number of rotatable bonds is 7. The number of carbonyl (C=O) groups is 1. The minimum Gasteiger partial charge on any atom is -0.356 e. The Morgan fingerprint density at radius 2 is 2.42 bits per heavy atom. The van der Waals surface area contributed by atoms with Crippen molar-refractivity contribution in [2.24, 2.45) is 5.92 Å². The Kier molecular flexibility index (Phi) is 7.68. The summed E-state index contributed by atoms with van der Waals surface area (Å²) in [5.41, 5.74) is 0. The lowest BCUT2D eigenvalue weighted by Gasteiger charge is -2.22. The maximum atomic E-state index is 11.9. The molecule has 8 heteroatoms. The van der Waals surface area contributed by atoms with Crippen LogP contribution in [0.2, 0.25) is 0 Å². The zero-order valence-corrected chi connectivity index (χ0v) is 15.1. The van der Waals surface area contributed by atoms with Crippen molar-refractivity contribution in [2.75, 3.05) is 19.6 Å². The van der Waals surface area contributed by atoms with Crippen molar-refractivity contribution in [1.82, 2.24) is 20.8 Å². The van der Waals surface area contributed by atoms with Gasteiger partial charge >= 0.3 is 0 Å². The van der Waals surface area contributed by atoms with Crippen LogP contribution in [0.5, 0.6) is 0 Å². The summed E-state index contributed by atoms with van der Waals surface area (Å²) < 4.78 is 5.23. The van der Waals surface area contributed by atoms with E-state index in [1.54, 1.807) is 11.3 Å². The van der Waals surface area contributed by atoms with Crippen LogP contribution in [0.3, 0.4) is 0 Å². The Morgan fingerprint density at radius 3 is 3.17 bits per heavy atom. The van der Waals surface area contributed by atoms with Gasteiger partial charge in [-0.1, -0.05) is 11.2 Å². The smallest absolute Gasteiger partial charge is 0.226 e. The topological polar surface area (TPSA) is 80.0 Å². The summed E-state index contributed by atoms with van der Waals surface area (Å²) in [5, 5.41) is 12.3. The van der Waals surface area contributed by atoms with Crippen LogP contribution in [0.25, 0.3) is 10.7 Å². The molecule has 0 aliphatic carbocycles. The summed E-state index contributed by atoms with van der Waals surface area (Å²) >= 11 is 1.58. The van der Waals surface area contributed by atoms with Crippen molar-refractivity contribution in [2.45, 2.75) is 32.1 Å². The minimum absolute atomic E-state index is 0. The molecule has 0 spiro atoms. The molecule has 3 rings (SSSR count). The van der Waals surface area contributed by atoms with Crippen molar-refractivity contribution < 1.29 is 9.32 Å². The second-order valence-corrected chi connectivity index (χ2v) is 6.81. The lowest BCUT2D eigenvalue weighted by Crippen LogP contribution is -2.38. The summed E-state index contributed by atoms with van der Waals surface area (Å²) in [7, 11) is 0. The molecule has 1 aliphatic rings. The van der Waals surface area contributed by atoms with Crippen LogP contribution in [-0.4, -0.2) is 35.7 Å². The second kappa shape index (κ2) is 9.76. The number of carbonyl (C=O) groups excluding carboxylic acids is 1. The first kappa shape index (κ1) is 18.9. The van der Waals surface area contributed by atoms with E-state index in [2.05, 4.69) is 20.8 Å². The van der Waals surface area contributed by atoms with Crippen LogP contribution < -0.4 is 10.6 Å². The normalized spacial score (nSPS) is 17.2. The highest BCUT2D eigenvalue weighted by molar-refractivity contribution is 7.13. The van der Waals surface area contributed by atoms with Crippen molar-refractivity contribution >= 4 is 29.7 Å². The van der Waals surface area contributed by atoms with Crippen molar-refractivity contribution in [3.05, 3.63) is 23.4 Å². The first-order valence-corrected chi connectivity index (χ1v) is 9.03. The molecule has 2 aromatic heterocycles. The lowest BCUT2D eigenvalue weighted by atomic mass is 10.00. The molecule has 0 bridgehead atoms. The van der Waals surface area contributed by atoms with E-state index in [0.29, 0.717) is 30.5 Å². The van der Waals surface area contributed by atoms with Crippen molar-refractivity contribution in [3.63, 3.8) is 0 Å². The van der Waals surface area contributed by atoms with E-state index in [9.17, 15) is 4.79 Å². The Bertz CT molecular complexity index is 611. The molecule has 1 saturated heterocycles. The second-order valence-electron chi connectivity index (χ2n) is 5.86. The predicted octanol–water partition coefficient (Wildman–Crippen LogP) is 2.66. The Hall–Kier alpha value is -1.44. The molecular weight excluding hydrogens is 348 g/mol. The van der Waals surface area contributed by atoms with Gasteiger partial charge in [-0.3, -0.25) is 4.79 Å². The molecule has 2 N–H and O–H groups in total. The van der Waals surface area contributed by atoms with Gasteiger partial charge in [0.15, 0.2) is 0 Å². The van der Waals surface area contributed by atoms with Crippen molar-refractivity contribution in [1.29, 1.82) is 0 Å². The highest BCUT2D eigenvalue weighted by Gasteiger charge is 2.14. The lowest BCUT2D eigenvalue weighted by molar-refractivity contribution is -0.121. The third-order valence-electron chi connectivity index (χ3n) is 3.99. The summed E-state index contributed by atoms with van der Waals surface area (Å²) in [6.45, 7) is 2.88. The van der Waals surface area contributed by atoms with E-state index in [-0.39, 0.29) is 18.3 Å². The number of nitrogens with one attached hydrogen (secondary N) is 2. The largest absolute Gasteiger partial charge is 0.356 e. The molecule has 1 unspecified atom stereocenters. The molecule has 2 aromatic rings. The molecule has 132 valence electrons. The van der Waals surface area contributed by atoms with Gasteiger partial charge in [0.2, 0.25) is 17.6 Å². The van der Waals surface area contributed by atoms with E-state index in [0.717, 1.165) is 30.9 Å². The molecular formula is C16H23ClN4O2S. The predicted molar refractivity (Wildman–Crippen MR) is 96.4 cm³/mol. The standard InChI is InChI=1S/C16H22N4O2S.ClH/c21-14(18-11-12-4-2-8-17-10-12)6-1-7-15-19-16(20-22-15)13-5-3-9-23-13;/h3,5,9,12,17H,1-2,4,6-8,10-11H2,(H,18,21);1H. The first-order chi connectivity index (χ1) is 11.3. The molecule has 1 atom stereocenters. The average molecular weight is 371 g/mol. The van der Waals surface area contributed by atoms with E-state index < -0.39 is 0 Å². The molecule has 1 fully saturated rings. The monoisotopic (exact) mass is 370 g/mol. The number of thiophene rings is 1. The van der Waals surface area contributed by atoms with Crippen molar-refractivity contribution in [3.8, 4) is 10.7 Å². The van der Waals surface area contributed by atoms with Crippen LogP contribution in [0.1, 0.15) is 31.6 Å². The fraction of sp³-hybridized carbons (Fsp3) is 0.562. The molecule has 0 radical (unpaired) electrons. The number of hydrogen-bond acceptors (Lipinski definition) is 6. The van der Waals surface area contributed by atoms with Gasteiger partial charge in [-0.25, -0.2) is 0 Å². The van der Waals surface area contributed by atoms with Gasteiger partial charge in [-0.15, -0.1) is 23.7 Å². The number of piperidine rings is 1. The molecule has 6 nitrogen and oxygen atoms in total. The number of nitrogens with zero attached hydrogens (tertiary/aromatic N) is 2. The summed E-state index contributed by atoms with van der Waals surface area (Å²) in [6.07, 6.45) is 4.25. The molecule has 0 aromatic carbocycles. The highest BCUT2D eigenvalue weighted by Crippen LogP contribution is 2.21. The quantitative estimate of drug-likeness (QED) is 0.783. The van der Waals surface area contributed by atoms with E-state index in [4.69, 9.17) is 4.52 Å². The van der Waals surface area contributed by atoms with Crippen LogP contribution in [0.4, 0.5) is 0 Å². The third-order valence-corrected chi connectivity index (χ3v) is 4.86. The Morgan fingerprint density at radius 1 is 1.50 bits per heavy atom. The fourth-order valence-electron chi connectivity index (χ4n) is 2.71. The molecule has 0 saturated carbocycles. The number of halogens is 1. The maximum Gasteiger partial charge on any atom is 0.226 e. The van der Waals surface area contributed by atoms with Gasteiger partial charge in [0.1, 0.15) is 0 Å². The van der Waals surface area contributed by atoms with Crippen LogP contribution in [0, 0.1) is 5.92 Å². The van der Waals surface area contributed by atoms with E-state index >= 15 is 0 Å². The van der Waals surface area contributed by atoms with Crippen LogP contribution >= 0.6 is 23.7 Å². The van der Waals surface area contributed by atoms with Gasteiger partial charge in [-0.2, -0.15) is 4.98 Å². The Balaban J connectivity index is 0.00000208. The van der Waals surface area contributed by atoms with Crippen LogP contribution in [0.15, 0.2) is 22.0 Å². The highest BCUT2D eigenvalue weighted by atomic mass is 35.5. The average Bonchev–Trinajstić information content (AvgIpc) is 3.25. The zero-order valence-electron chi connectivity index (χ0n) is 13.5. The number of amides is 1.